The fourth-order valence-electron chi connectivity index (χ4n) is 9.76. The van der Waals surface area contributed by atoms with Crippen LogP contribution in [0.15, 0.2) is 175 Å². The van der Waals surface area contributed by atoms with Crippen molar-refractivity contribution in [3.63, 3.8) is 0 Å². The molecule has 0 aliphatic heterocycles. The van der Waals surface area contributed by atoms with E-state index in [-0.39, 0.29) is 5.41 Å². The van der Waals surface area contributed by atoms with E-state index in [0.717, 1.165) is 0 Å². The maximum Gasteiger partial charge on any atom is 0.0205 e. The predicted octanol–water partition coefficient (Wildman–Crippen LogP) is 13.3. The zero-order chi connectivity index (χ0) is 33.8. The second kappa shape index (κ2) is 10.5. The van der Waals surface area contributed by atoms with Gasteiger partial charge < -0.3 is 0 Å². The Morgan fingerprint density at radius 1 is 0.490 bits per heavy atom. The van der Waals surface area contributed by atoms with Crippen molar-refractivity contribution in [2.75, 3.05) is 0 Å². The highest BCUT2D eigenvalue weighted by Crippen LogP contribution is 2.56. The van der Waals surface area contributed by atoms with E-state index in [2.05, 4.69) is 184 Å². The smallest absolute Gasteiger partial charge is 0.0205 e. The molecule has 2 atom stereocenters. The van der Waals surface area contributed by atoms with Crippen LogP contribution >= 0.6 is 0 Å². The van der Waals surface area contributed by atoms with E-state index in [1.54, 1.807) is 0 Å². The molecule has 0 nitrogen and oxygen atoms in total. The summed E-state index contributed by atoms with van der Waals surface area (Å²) < 4.78 is 0. The average molecular weight is 649 g/mol. The molecule has 240 valence electrons. The van der Waals surface area contributed by atoms with Gasteiger partial charge in [0, 0.05) is 17.3 Å². The molecule has 11 rings (SSSR count). The van der Waals surface area contributed by atoms with Crippen LogP contribution in [0.2, 0.25) is 0 Å². The summed E-state index contributed by atoms with van der Waals surface area (Å²) in [5, 5.41) is 5.17. The molecule has 4 aliphatic carbocycles. The Hall–Kier alpha value is -5.98. The van der Waals surface area contributed by atoms with E-state index in [0.29, 0.717) is 11.8 Å². The Bertz CT molecular complexity index is 2780. The Morgan fingerprint density at radius 3 is 1.96 bits per heavy atom. The van der Waals surface area contributed by atoms with Gasteiger partial charge in [0.25, 0.3) is 0 Å². The van der Waals surface area contributed by atoms with Gasteiger partial charge in [0.2, 0.25) is 0 Å². The summed E-state index contributed by atoms with van der Waals surface area (Å²) >= 11 is 0. The van der Waals surface area contributed by atoms with Gasteiger partial charge in [-0.2, -0.15) is 0 Å². The van der Waals surface area contributed by atoms with Crippen molar-refractivity contribution < 1.29 is 0 Å². The third-order valence-electron chi connectivity index (χ3n) is 12.3. The summed E-state index contributed by atoms with van der Waals surface area (Å²) in [5.41, 5.74) is 18.9. The van der Waals surface area contributed by atoms with Gasteiger partial charge in [0.05, 0.1) is 0 Å². The summed E-state index contributed by atoms with van der Waals surface area (Å²) in [6, 6.07) is 52.4. The van der Waals surface area contributed by atoms with E-state index < -0.39 is 0 Å². The second-order valence-electron chi connectivity index (χ2n) is 15.2. The van der Waals surface area contributed by atoms with Crippen LogP contribution in [0, 0.1) is 5.92 Å². The van der Waals surface area contributed by atoms with Crippen LogP contribution in [0.4, 0.5) is 0 Å². The maximum atomic E-state index is 2.47. The van der Waals surface area contributed by atoms with Crippen LogP contribution in [0.1, 0.15) is 47.6 Å². The number of hydrogen-bond donors (Lipinski definition) is 0. The van der Waals surface area contributed by atoms with Crippen molar-refractivity contribution in [1.82, 2.24) is 0 Å². The lowest BCUT2D eigenvalue weighted by atomic mass is 9.74. The molecule has 0 radical (unpaired) electrons. The number of fused-ring (bicyclic) bond motifs is 8. The third-order valence-corrected chi connectivity index (χ3v) is 12.3. The molecule has 0 saturated heterocycles. The van der Waals surface area contributed by atoms with Crippen LogP contribution < -0.4 is 0 Å². The summed E-state index contributed by atoms with van der Waals surface area (Å²) in [4.78, 5) is 0. The molecule has 0 heterocycles. The van der Waals surface area contributed by atoms with Gasteiger partial charge >= 0.3 is 0 Å². The Labute approximate surface area is 299 Å². The molecule has 0 aromatic heterocycles. The van der Waals surface area contributed by atoms with E-state index in [1.807, 2.05) is 0 Å². The van der Waals surface area contributed by atoms with Gasteiger partial charge in [-0.05, 0) is 118 Å². The molecule has 0 heteroatoms. The van der Waals surface area contributed by atoms with Gasteiger partial charge in [-0.25, -0.2) is 0 Å². The molecule has 0 amide bonds. The molecule has 0 bridgehead atoms. The highest BCUT2D eigenvalue weighted by atomic mass is 14.4. The maximum absolute atomic E-state index is 2.47. The molecule has 0 saturated carbocycles. The van der Waals surface area contributed by atoms with Gasteiger partial charge in [0.1, 0.15) is 0 Å². The third kappa shape index (κ3) is 4.08. The Morgan fingerprint density at radius 2 is 1.12 bits per heavy atom. The highest BCUT2D eigenvalue weighted by Gasteiger charge is 2.40. The summed E-state index contributed by atoms with van der Waals surface area (Å²) in [6.45, 7) is 4.79. The molecule has 7 aromatic rings. The molecule has 7 aromatic carbocycles. The lowest BCUT2D eigenvalue weighted by Crippen LogP contribution is -2.15. The zero-order valence-corrected chi connectivity index (χ0v) is 28.8. The van der Waals surface area contributed by atoms with Gasteiger partial charge in [-0.15, -0.1) is 0 Å². The van der Waals surface area contributed by atoms with Crippen molar-refractivity contribution in [2.45, 2.75) is 25.2 Å². The van der Waals surface area contributed by atoms with Crippen LogP contribution in [0.3, 0.4) is 0 Å². The van der Waals surface area contributed by atoms with Crippen molar-refractivity contribution >= 4 is 32.7 Å². The lowest BCUT2D eigenvalue weighted by Gasteiger charge is -2.29. The fraction of sp³-hybridized carbons (Fsp3) is 0.0980. The largest absolute Gasteiger partial charge is 0.0754 e. The quantitative estimate of drug-likeness (QED) is 0.179. The fourth-order valence-corrected chi connectivity index (χ4v) is 9.76. The zero-order valence-electron chi connectivity index (χ0n) is 28.8. The van der Waals surface area contributed by atoms with Crippen LogP contribution in [-0.2, 0) is 5.41 Å². The minimum absolute atomic E-state index is 0.114. The Balaban J connectivity index is 0.996. The van der Waals surface area contributed by atoms with E-state index in [9.17, 15) is 0 Å². The molecule has 4 aliphatic rings. The molecule has 0 N–H and O–H groups in total. The second-order valence-corrected chi connectivity index (χ2v) is 15.2. The van der Waals surface area contributed by atoms with Gasteiger partial charge in [-0.1, -0.05) is 166 Å². The minimum atomic E-state index is -0.114. The van der Waals surface area contributed by atoms with Crippen LogP contribution in [0.5, 0.6) is 0 Å². The first-order chi connectivity index (χ1) is 25.0. The average Bonchev–Trinajstić information content (AvgIpc) is 3.63. The van der Waals surface area contributed by atoms with Crippen molar-refractivity contribution in [1.29, 1.82) is 0 Å². The van der Waals surface area contributed by atoms with Crippen LogP contribution in [0.25, 0.3) is 66.1 Å². The first kappa shape index (κ1) is 28.8. The SMILES string of the molecule is CC1(C)c2cc(-c3ccc4ccccc4c3)ccc2-c2ccc(-c3ccc(C4=C5C=CC=C6c7ccccc7C(C=C4)C65)c4ccccc34)cc21. The van der Waals surface area contributed by atoms with Crippen molar-refractivity contribution in [3.05, 3.63) is 203 Å². The number of benzene rings is 7. The molecule has 0 fully saturated rings. The molecular weight excluding hydrogens is 613 g/mol. The topological polar surface area (TPSA) is 0 Å². The summed E-state index contributed by atoms with van der Waals surface area (Å²) in [6.07, 6.45) is 11.8. The monoisotopic (exact) mass is 648 g/mol. The van der Waals surface area contributed by atoms with Crippen molar-refractivity contribution in [2.24, 2.45) is 5.92 Å². The molecular formula is C51H36. The number of rotatable bonds is 3. The Kier molecular flexibility index (Phi) is 5.94. The first-order valence-corrected chi connectivity index (χ1v) is 18.3. The van der Waals surface area contributed by atoms with Gasteiger partial charge in [-0.3, -0.25) is 0 Å². The van der Waals surface area contributed by atoms with E-state index >= 15 is 0 Å². The van der Waals surface area contributed by atoms with Crippen LogP contribution in [-0.4, -0.2) is 0 Å². The van der Waals surface area contributed by atoms with E-state index in [4.69, 9.17) is 0 Å². The standard InChI is InChI=1S/C51H36/c1-51(2)48-29-34(33-19-18-31-10-3-4-11-32(31)28-33)20-22-43(48)44-23-21-35(30-49(44)51)36-24-25-41(38-13-6-5-12-37(36)38)42-26-27-47-40-15-8-7-14-39(40)45-16-9-17-46(42)50(45)47/h3-30,47,50H,1-2H3. The lowest BCUT2D eigenvalue weighted by molar-refractivity contribution is 0.661. The number of allylic oxidation sites excluding steroid dienone is 8. The summed E-state index contributed by atoms with van der Waals surface area (Å²) in [5.74, 6) is 0.789. The predicted molar refractivity (Wildman–Crippen MR) is 216 cm³/mol. The molecule has 0 spiro atoms. The summed E-state index contributed by atoms with van der Waals surface area (Å²) in [7, 11) is 0. The minimum Gasteiger partial charge on any atom is -0.0754 e. The first-order valence-electron chi connectivity index (χ1n) is 18.3. The number of hydrogen-bond acceptors (Lipinski definition) is 0. The van der Waals surface area contributed by atoms with E-state index in [1.165, 1.54) is 99.5 Å². The molecule has 51 heavy (non-hydrogen) atoms. The molecule has 2 unspecified atom stereocenters. The van der Waals surface area contributed by atoms with Crippen molar-refractivity contribution in [3.8, 4) is 33.4 Å². The van der Waals surface area contributed by atoms with Gasteiger partial charge in [0.15, 0.2) is 0 Å². The highest BCUT2D eigenvalue weighted by molar-refractivity contribution is 6.06. The normalized spacial score (nSPS) is 18.8.